The molecule has 0 radical (unpaired) electrons. The van der Waals surface area contributed by atoms with Gasteiger partial charge in [0.15, 0.2) is 6.10 Å². The maximum absolute atomic E-state index is 11.3. The summed E-state index contributed by atoms with van der Waals surface area (Å²) < 4.78 is 11.3. The van der Waals surface area contributed by atoms with Gasteiger partial charge in [0.25, 0.3) is 0 Å². The summed E-state index contributed by atoms with van der Waals surface area (Å²) in [6.07, 6.45) is 1.65. The Kier molecular flexibility index (Phi) is 7.30. The molecule has 0 spiro atoms. The van der Waals surface area contributed by atoms with Gasteiger partial charge in [-0.3, -0.25) is 0 Å². The van der Waals surface area contributed by atoms with Crippen LogP contribution in [0, 0.1) is 0 Å². The monoisotopic (exact) mass is 446 g/mol. The van der Waals surface area contributed by atoms with Gasteiger partial charge in [-0.15, -0.1) is 11.8 Å². The molecule has 0 bridgehead atoms. The van der Waals surface area contributed by atoms with Crippen LogP contribution < -0.4 is 4.74 Å². The average Bonchev–Trinajstić information content (AvgIpc) is 2.97. The topological polar surface area (TPSA) is 55.8 Å². The first kappa shape index (κ1) is 22.2. The van der Waals surface area contributed by atoms with Crippen LogP contribution in [0.15, 0.2) is 83.8 Å². The molecule has 4 rings (SSSR count). The van der Waals surface area contributed by atoms with Gasteiger partial charge in [-0.2, -0.15) is 0 Å². The first-order valence-corrected chi connectivity index (χ1v) is 11.7. The van der Waals surface area contributed by atoms with Gasteiger partial charge in [0.1, 0.15) is 12.4 Å². The minimum atomic E-state index is -0.944. The molecule has 1 N–H and O–H groups in total. The molecule has 1 aliphatic rings. The Morgan fingerprint density at radius 2 is 1.75 bits per heavy atom. The Bertz CT molecular complexity index is 1060. The van der Waals surface area contributed by atoms with Crippen molar-refractivity contribution >= 4 is 23.3 Å². The minimum absolute atomic E-state index is 0.332. The van der Waals surface area contributed by atoms with Crippen molar-refractivity contribution in [3.05, 3.63) is 101 Å². The molecule has 0 amide bonds. The number of thioether (sulfide) groups is 1. The summed E-state index contributed by atoms with van der Waals surface area (Å²) in [5.74, 6) is 0.755. The van der Waals surface area contributed by atoms with Crippen molar-refractivity contribution < 1.29 is 19.4 Å². The van der Waals surface area contributed by atoms with Gasteiger partial charge in [0.05, 0.1) is 0 Å². The number of carbonyl (C=O) groups is 1. The van der Waals surface area contributed by atoms with Gasteiger partial charge in [0, 0.05) is 23.7 Å². The number of hydrogen-bond acceptors (Lipinski definition) is 4. The van der Waals surface area contributed by atoms with Crippen LogP contribution in [0.4, 0.5) is 0 Å². The van der Waals surface area contributed by atoms with Crippen LogP contribution in [0.3, 0.4) is 0 Å². The second-order valence-electron chi connectivity index (χ2n) is 7.50. The molecule has 1 aliphatic heterocycles. The molecule has 1 atom stereocenters. The highest BCUT2D eigenvalue weighted by molar-refractivity contribution is 7.98. The lowest BCUT2D eigenvalue weighted by Gasteiger charge is -2.13. The van der Waals surface area contributed by atoms with Crippen LogP contribution in [0.1, 0.15) is 29.2 Å². The fourth-order valence-electron chi connectivity index (χ4n) is 3.82. The van der Waals surface area contributed by atoms with Crippen molar-refractivity contribution in [2.24, 2.45) is 0 Å². The molecule has 1 unspecified atom stereocenters. The van der Waals surface area contributed by atoms with Crippen LogP contribution in [0.2, 0.25) is 0 Å². The predicted octanol–water partition coefficient (Wildman–Crippen LogP) is 5.84. The third-order valence-corrected chi connectivity index (χ3v) is 6.52. The van der Waals surface area contributed by atoms with Gasteiger partial charge in [-0.05, 0) is 59.0 Å². The molecule has 164 valence electrons. The number of carboxylic acid groups (broad SMARTS) is 1. The molecule has 4 nitrogen and oxygen atoms in total. The number of ether oxygens (including phenoxy) is 2. The van der Waals surface area contributed by atoms with Crippen molar-refractivity contribution in [2.45, 2.75) is 30.1 Å². The summed E-state index contributed by atoms with van der Waals surface area (Å²) in [6, 6.07) is 24.6. The lowest BCUT2D eigenvalue weighted by atomic mass is 9.94. The first-order chi connectivity index (χ1) is 15.7. The molecular formula is C27H26O4S. The smallest absolute Gasteiger partial charge is 0.333 e. The van der Waals surface area contributed by atoms with Crippen LogP contribution in [0.5, 0.6) is 5.75 Å². The van der Waals surface area contributed by atoms with E-state index in [4.69, 9.17) is 9.47 Å². The second-order valence-corrected chi connectivity index (χ2v) is 8.52. The van der Waals surface area contributed by atoms with Crippen molar-refractivity contribution in [3.8, 4) is 5.75 Å². The zero-order valence-corrected chi connectivity index (χ0v) is 18.8. The van der Waals surface area contributed by atoms with E-state index in [1.807, 2.05) is 36.0 Å². The van der Waals surface area contributed by atoms with Crippen molar-refractivity contribution in [2.75, 3.05) is 13.2 Å². The van der Waals surface area contributed by atoms with Crippen molar-refractivity contribution in [3.63, 3.8) is 0 Å². The van der Waals surface area contributed by atoms with Crippen LogP contribution >= 0.6 is 11.8 Å². The summed E-state index contributed by atoms with van der Waals surface area (Å²) in [6.45, 7) is 2.61. The Morgan fingerprint density at radius 1 is 1.03 bits per heavy atom. The highest BCUT2D eigenvalue weighted by Crippen LogP contribution is 2.39. The maximum Gasteiger partial charge on any atom is 0.333 e. The summed E-state index contributed by atoms with van der Waals surface area (Å²) in [5.41, 5.74) is 5.90. The summed E-state index contributed by atoms with van der Waals surface area (Å²) in [5, 5.41) is 9.26. The summed E-state index contributed by atoms with van der Waals surface area (Å²) in [4.78, 5) is 12.6. The highest BCUT2D eigenvalue weighted by Gasteiger charge is 2.19. The van der Waals surface area contributed by atoms with E-state index in [1.54, 1.807) is 6.92 Å². The SMILES string of the molecule is CCOC(Cc1ccc(OCC=C2c3ccccc3CSc3ccccc32)cc1)C(=O)O. The van der Waals surface area contributed by atoms with Gasteiger partial charge in [-0.1, -0.05) is 54.6 Å². The second kappa shape index (κ2) is 10.5. The standard InChI is InChI=1S/C27H26O4S/c1-2-30-25(27(28)29)17-19-11-13-21(14-12-19)31-16-15-23-22-8-4-3-7-20(22)18-32-26-10-6-5-9-24(23)26/h3-15,25H,2,16-18H2,1H3,(H,28,29). The van der Waals surface area contributed by atoms with E-state index in [9.17, 15) is 9.90 Å². The van der Waals surface area contributed by atoms with Crippen LogP contribution in [-0.4, -0.2) is 30.4 Å². The van der Waals surface area contributed by atoms with E-state index in [-0.39, 0.29) is 0 Å². The molecule has 0 fully saturated rings. The fraction of sp³-hybridized carbons (Fsp3) is 0.222. The van der Waals surface area contributed by atoms with E-state index in [0.29, 0.717) is 19.6 Å². The lowest BCUT2D eigenvalue weighted by Crippen LogP contribution is -2.26. The number of hydrogen-bond donors (Lipinski definition) is 1. The van der Waals surface area contributed by atoms with E-state index in [1.165, 1.54) is 27.2 Å². The molecule has 1 heterocycles. The molecule has 0 saturated heterocycles. The molecule has 5 heteroatoms. The van der Waals surface area contributed by atoms with E-state index in [2.05, 4.69) is 54.6 Å². The van der Waals surface area contributed by atoms with Gasteiger partial charge in [-0.25, -0.2) is 4.79 Å². The maximum atomic E-state index is 11.3. The van der Waals surface area contributed by atoms with E-state index in [0.717, 1.165) is 17.1 Å². The summed E-state index contributed by atoms with van der Waals surface area (Å²) >= 11 is 1.86. The zero-order valence-electron chi connectivity index (χ0n) is 18.0. The van der Waals surface area contributed by atoms with Crippen LogP contribution in [0.25, 0.3) is 5.57 Å². The van der Waals surface area contributed by atoms with Crippen LogP contribution in [-0.2, 0) is 21.7 Å². The van der Waals surface area contributed by atoms with Crippen molar-refractivity contribution in [1.29, 1.82) is 0 Å². The van der Waals surface area contributed by atoms with Gasteiger partial charge >= 0.3 is 5.97 Å². The van der Waals surface area contributed by atoms with Gasteiger partial charge < -0.3 is 14.6 Å². The number of fused-ring (bicyclic) bond motifs is 2. The molecule has 0 saturated carbocycles. The summed E-state index contributed by atoms with van der Waals surface area (Å²) in [7, 11) is 0. The first-order valence-electron chi connectivity index (χ1n) is 10.7. The normalized spacial score (nSPS) is 14.8. The number of rotatable bonds is 8. The largest absolute Gasteiger partial charge is 0.490 e. The Labute approximate surface area is 192 Å². The van der Waals surface area contributed by atoms with E-state index >= 15 is 0 Å². The average molecular weight is 447 g/mol. The zero-order chi connectivity index (χ0) is 22.3. The fourth-order valence-corrected chi connectivity index (χ4v) is 4.89. The van der Waals surface area contributed by atoms with Gasteiger partial charge in [0.2, 0.25) is 0 Å². The molecule has 3 aromatic carbocycles. The Balaban J connectivity index is 1.49. The number of benzene rings is 3. The van der Waals surface area contributed by atoms with Crippen molar-refractivity contribution in [1.82, 2.24) is 0 Å². The molecule has 3 aromatic rings. The lowest BCUT2D eigenvalue weighted by molar-refractivity contribution is -0.149. The quantitative estimate of drug-likeness (QED) is 0.471. The van der Waals surface area contributed by atoms with E-state index < -0.39 is 12.1 Å². The number of aliphatic carboxylic acids is 1. The third-order valence-electron chi connectivity index (χ3n) is 5.39. The third kappa shape index (κ3) is 5.23. The Hall–Kier alpha value is -3.02. The molecule has 32 heavy (non-hydrogen) atoms. The molecule has 0 aromatic heterocycles. The molecule has 0 aliphatic carbocycles. The predicted molar refractivity (Wildman–Crippen MR) is 128 cm³/mol. The minimum Gasteiger partial charge on any atom is -0.490 e. The highest BCUT2D eigenvalue weighted by atomic mass is 32.2. The molecular weight excluding hydrogens is 420 g/mol. The number of carboxylic acids is 1. The Morgan fingerprint density at radius 3 is 2.50 bits per heavy atom.